The topological polar surface area (TPSA) is 38.9 Å². The molecule has 3 aromatic rings. The number of aryl methyl sites for hydroxylation is 1. The molecule has 0 fully saturated rings. The van der Waals surface area contributed by atoms with Gasteiger partial charge in [-0.2, -0.15) is 0 Å². The van der Waals surface area contributed by atoms with Crippen LogP contribution in [0.2, 0.25) is 0 Å². The second-order valence-electron chi connectivity index (χ2n) is 3.65. The summed E-state index contributed by atoms with van der Waals surface area (Å²) in [7, 11) is 0. The molecule has 0 atom stereocenters. The van der Waals surface area contributed by atoms with Crippen molar-refractivity contribution in [3.05, 3.63) is 48.4 Å². The average Bonchev–Trinajstić information content (AvgIpc) is 2.75. The first-order valence-electron chi connectivity index (χ1n) is 5.11. The summed E-state index contributed by atoms with van der Waals surface area (Å²) in [6.07, 6.45) is 1.74. The van der Waals surface area contributed by atoms with Crippen molar-refractivity contribution in [3.63, 3.8) is 0 Å². The summed E-state index contributed by atoms with van der Waals surface area (Å²) in [5.41, 5.74) is 2.55. The van der Waals surface area contributed by atoms with Crippen LogP contribution in [0.25, 0.3) is 22.5 Å². The predicted octanol–water partition coefficient (Wildman–Crippen LogP) is 3.20. The third-order valence-corrected chi connectivity index (χ3v) is 2.44. The summed E-state index contributed by atoms with van der Waals surface area (Å²) in [6, 6.07) is 11.6. The first kappa shape index (κ1) is 9.09. The van der Waals surface area contributed by atoms with E-state index >= 15 is 0 Å². The molecule has 0 aliphatic heterocycles. The molecule has 3 heteroatoms. The van der Waals surface area contributed by atoms with Crippen LogP contribution in [-0.4, -0.2) is 9.97 Å². The highest BCUT2D eigenvalue weighted by Crippen LogP contribution is 2.20. The minimum Gasteiger partial charge on any atom is -0.460 e. The van der Waals surface area contributed by atoms with Crippen molar-refractivity contribution in [1.82, 2.24) is 9.97 Å². The van der Waals surface area contributed by atoms with Gasteiger partial charge in [0.15, 0.2) is 5.76 Å². The highest BCUT2D eigenvalue weighted by molar-refractivity contribution is 5.76. The summed E-state index contributed by atoms with van der Waals surface area (Å²) in [6.45, 7) is 1.91. The van der Waals surface area contributed by atoms with Crippen LogP contribution in [0.4, 0.5) is 0 Å². The summed E-state index contributed by atoms with van der Waals surface area (Å²) in [5, 5.41) is 0. The molecule has 16 heavy (non-hydrogen) atoms. The summed E-state index contributed by atoms with van der Waals surface area (Å²) in [4.78, 5) is 8.85. The summed E-state index contributed by atoms with van der Waals surface area (Å²) < 4.78 is 5.52. The fourth-order valence-corrected chi connectivity index (χ4v) is 1.65. The van der Waals surface area contributed by atoms with Crippen molar-refractivity contribution in [1.29, 1.82) is 0 Å². The molecule has 0 amide bonds. The molecule has 3 nitrogen and oxygen atoms in total. The number of rotatable bonds is 1. The number of aromatic nitrogens is 2. The second-order valence-corrected chi connectivity index (χ2v) is 3.65. The van der Waals surface area contributed by atoms with E-state index in [-0.39, 0.29) is 0 Å². The highest BCUT2D eigenvalue weighted by atomic mass is 16.3. The van der Waals surface area contributed by atoms with Gasteiger partial charge < -0.3 is 4.42 Å². The van der Waals surface area contributed by atoms with E-state index in [4.69, 9.17) is 4.42 Å². The predicted molar refractivity (Wildman–Crippen MR) is 62.0 cm³/mol. The molecular formula is C13H10N2O. The zero-order chi connectivity index (χ0) is 11.0. The average molecular weight is 210 g/mol. The highest BCUT2D eigenvalue weighted by Gasteiger charge is 2.05. The van der Waals surface area contributed by atoms with Crippen molar-refractivity contribution in [2.75, 3.05) is 0 Å². The van der Waals surface area contributed by atoms with Crippen LogP contribution in [0.3, 0.4) is 0 Å². The van der Waals surface area contributed by atoms with E-state index in [2.05, 4.69) is 9.97 Å². The maximum absolute atomic E-state index is 5.52. The lowest BCUT2D eigenvalue weighted by Gasteiger charge is -1.98. The van der Waals surface area contributed by atoms with Crippen LogP contribution in [0, 0.1) is 6.92 Å². The quantitative estimate of drug-likeness (QED) is 0.619. The maximum atomic E-state index is 5.52. The number of fused-ring (bicyclic) bond motifs is 1. The minimum atomic E-state index is 0.760. The molecule has 78 valence electrons. The van der Waals surface area contributed by atoms with Gasteiger partial charge in [-0.05, 0) is 31.2 Å². The second kappa shape index (κ2) is 3.45. The zero-order valence-corrected chi connectivity index (χ0v) is 8.84. The van der Waals surface area contributed by atoms with Crippen molar-refractivity contribution >= 4 is 11.0 Å². The van der Waals surface area contributed by atoms with Crippen LogP contribution in [0.1, 0.15) is 5.76 Å². The fraction of sp³-hybridized carbons (Fsp3) is 0.0769. The van der Waals surface area contributed by atoms with Crippen molar-refractivity contribution in [3.8, 4) is 11.5 Å². The Kier molecular flexibility index (Phi) is 1.96. The molecule has 2 aromatic heterocycles. The monoisotopic (exact) mass is 210 g/mol. The van der Waals surface area contributed by atoms with Gasteiger partial charge in [-0.25, -0.2) is 4.98 Å². The van der Waals surface area contributed by atoms with Crippen LogP contribution in [0.15, 0.2) is 47.0 Å². The molecule has 0 bridgehead atoms. The van der Waals surface area contributed by atoms with E-state index in [1.807, 2.05) is 43.3 Å². The van der Waals surface area contributed by atoms with Crippen molar-refractivity contribution in [2.24, 2.45) is 0 Å². The third kappa shape index (κ3) is 1.46. The van der Waals surface area contributed by atoms with Gasteiger partial charge >= 0.3 is 0 Å². The number of para-hydroxylation sites is 2. The molecule has 0 aliphatic carbocycles. The molecule has 0 saturated heterocycles. The molecule has 0 N–H and O–H groups in total. The van der Waals surface area contributed by atoms with Gasteiger partial charge in [-0.1, -0.05) is 12.1 Å². The Labute approximate surface area is 92.8 Å². The van der Waals surface area contributed by atoms with Gasteiger partial charge in [0.25, 0.3) is 0 Å². The minimum absolute atomic E-state index is 0.760. The van der Waals surface area contributed by atoms with E-state index in [9.17, 15) is 0 Å². The molecule has 0 spiro atoms. The Morgan fingerprint density at radius 1 is 1.00 bits per heavy atom. The smallest absolute Gasteiger partial charge is 0.154 e. The fourth-order valence-electron chi connectivity index (χ4n) is 1.65. The Bertz CT molecular complexity index is 643. The lowest BCUT2D eigenvalue weighted by molar-refractivity contribution is 0.546. The van der Waals surface area contributed by atoms with E-state index < -0.39 is 0 Å². The largest absolute Gasteiger partial charge is 0.460 e. The van der Waals surface area contributed by atoms with Gasteiger partial charge in [-0.3, -0.25) is 4.98 Å². The lowest BCUT2D eigenvalue weighted by Crippen LogP contribution is -1.86. The van der Waals surface area contributed by atoms with E-state index in [0.717, 1.165) is 28.2 Å². The molecule has 0 radical (unpaired) electrons. The Morgan fingerprint density at radius 2 is 1.81 bits per heavy atom. The molecular weight excluding hydrogens is 200 g/mol. The Balaban J connectivity index is 2.18. The third-order valence-electron chi connectivity index (χ3n) is 2.44. The number of furan rings is 1. The van der Waals surface area contributed by atoms with Crippen LogP contribution in [-0.2, 0) is 0 Å². The number of nitrogens with zero attached hydrogens (tertiary/aromatic N) is 2. The molecule has 1 aromatic carbocycles. The van der Waals surface area contributed by atoms with Gasteiger partial charge in [0.05, 0.1) is 17.2 Å². The normalized spacial score (nSPS) is 10.8. The van der Waals surface area contributed by atoms with Gasteiger partial charge in [0.1, 0.15) is 11.5 Å². The van der Waals surface area contributed by atoms with E-state index in [1.54, 1.807) is 6.20 Å². The van der Waals surface area contributed by atoms with Crippen molar-refractivity contribution < 1.29 is 4.42 Å². The van der Waals surface area contributed by atoms with Gasteiger partial charge in [0.2, 0.25) is 0 Å². The molecule has 0 unspecified atom stereocenters. The van der Waals surface area contributed by atoms with Gasteiger partial charge in [-0.15, -0.1) is 0 Å². The molecule has 3 rings (SSSR count). The van der Waals surface area contributed by atoms with Crippen molar-refractivity contribution in [2.45, 2.75) is 6.92 Å². The van der Waals surface area contributed by atoms with Crippen LogP contribution in [0.5, 0.6) is 0 Å². The number of hydrogen-bond acceptors (Lipinski definition) is 3. The molecule has 0 saturated carbocycles. The SMILES string of the molecule is Cc1ccc(-c2cnc3ccccc3n2)o1. The zero-order valence-electron chi connectivity index (χ0n) is 8.84. The number of hydrogen-bond donors (Lipinski definition) is 0. The maximum Gasteiger partial charge on any atom is 0.154 e. The molecule has 0 aliphatic rings. The first-order valence-corrected chi connectivity index (χ1v) is 5.11. The standard InChI is InChI=1S/C13H10N2O/c1-9-6-7-13(16-9)12-8-14-10-4-2-3-5-11(10)15-12/h2-8H,1H3. The Morgan fingerprint density at radius 3 is 2.56 bits per heavy atom. The van der Waals surface area contributed by atoms with E-state index in [1.165, 1.54) is 0 Å². The molecule has 2 heterocycles. The summed E-state index contributed by atoms with van der Waals surface area (Å²) in [5.74, 6) is 1.64. The summed E-state index contributed by atoms with van der Waals surface area (Å²) >= 11 is 0. The van der Waals surface area contributed by atoms with Gasteiger partial charge in [0, 0.05) is 0 Å². The van der Waals surface area contributed by atoms with Crippen LogP contribution >= 0.6 is 0 Å². The Hall–Kier alpha value is -2.16. The van der Waals surface area contributed by atoms with Crippen LogP contribution < -0.4 is 0 Å². The first-order chi connectivity index (χ1) is 7.83. The van der Waals surface area contributed by atoms with E-state index in [0.29, 0.717) is 0 Å². The lowest BCUT2D eigenvalue weighted by atomic mass is 10.3. The number of benzene rings is 1.